The molecule has 0 heterocycles. The van der Waals surface area contributed by atoms with Gasteiger partial charge < -0.3 is 10.5 Å². The largest absolute Gasteiger partial charge is 0.493 e. The summed E-state index contributed by atoms with van der Waals surface area (Å²) in [7, 11) is 0. The zero-order valence-corrected chi connectivity index (χ0v) is 13.5. The van der Waals surface area contributed by atoms with E-state index in [1.807, 2.05) is 12.1 Å². The van der Waals surface area contributed by atoms with Gasteiger partial charge in [-0.2, -0.15) is 5.26 Å². The Labute approximate surface area is 136 Å². The quantitative estimate of drug-likeness (QED) is 0.512. The Morgan fingerprint density at radius 3 is 2.90 bits per heavy atom. The monoisotopic (exact) mass is 325 g/mol. The summed E-state index contributed by atoms with van der Waals surface area (Å²) in [6, 6.07) is 9.68. The minimum absolute atomic E-state index is 0. The van der Waals surface area contributed by atoms with Crippen LogP contribution in [-0.2, 0) is 0 Å². The van der Waals surface area contributed by atoms with Gasteiger partial charge in [0.2, 0.25) is 0 Å². The number of nitrogens with two attached hydrogens (primary N) is 1. The minimum Gasteiger partial charge on any atom is -0.493 e. The molecule has 2 rings (SSSR count). The van der Waals surface area contributed by atoms with Crippen molar-refractivity contribution in [2.75, 3.05) is 12.4 Å². The molecule has 0 amide bonds. The molecule has 1 fully saturated rings. The third-order valence-electron chi connectivity index (χ3n) is 3.20. The van der Waals surface area contributed by atoms with Crippen LogP contribution in [0.25, 0.3) is 0 Å². The van der Waals surface area contributed by atoms with Crippen LogP contribution in [-0.4, -0.2) is 23.6 Å². The first-order valence-electron chi connectivity index (χ1n) is 6.87. The van der Waals surface area contributed by atoms with E-state index in [4.69, 9.17) is 15.7 Å². The molecule has 0 radical (unpaired) electrons. The maximum absolute atomic E-state index is 8.80. The number of benzene rings is 1. The molecular weight excluding hydrogens is 306 g/mol. The van der Waals surface area contributed by atoms with E-state index in [0.717, 1.165) is 11.5 Å². The zero-order valence-electron chi connectivity index (χ0n) is 11.8. The van der Waals surface area contributed by atoms with Crippen molar-refractivity contribution in [3.8, 4) is 11.8 Å². The molecule has 21 heavy (non-hydrogen) atoms. The first-order valence-corrected chi connectivity index (χ1v) is 7.85. The van der Waals surface area contributed by atoms with Gasteiger partial charge in [-0.15, -0.1) is 12.4 Å². The van der Waals surface area contributed by atoms with Crippen LogP contribution in [0.1, 0.15) is 31.2 Å². The molecule has 6 heteroatoms. The number of thioether (sulfide) groups is 1. The summed E-state index contributed by atoms with van der Waals surface area (Å²) in [4.78, 5) is 4.51. The lowest BCUT2D eigenvalue weighted by molar-refractivity contribution is 0.344. The number of hydrogen-bond donors (Lipinski definition) is 1. The Kier molecular flexibility index (Phi) is 8.03. The number of aliphatic imine (C=N–C) groups is 1. The predicted molar refractivity (Wildman–Crippen MR) is 90.2 cm³/mol. The molecular formula is C15H20ClN3OS. The zero-order chi connectivity index (χ0) is 14.2. The van der Waals surface area contributed by atoms with Crippen molar-refractivity contribution in [1.82, 2.24) is 0 Å². The fraction of sp³-hybridized carbons (Fsp3) is 0.467. The molecule has 0 spiro atoms. The molecule has 114 valence electrons. The number of amidine groups is 1. The summed E-state index contributed by atoms with van der Waals surface area (Å²) in [5.74, 6) is 1.48. The van der Waals surface area contributed by atoms with Gasteiger partial charge in [0.1, 0.15) is 5.75 Å². The Morgan fingerprint density at radius 1 is 1.43 bits per heavy atom. The number of nitrogens with zero attached hydrogens (tertiary/aromatic N) is 2. The van der Waals surface area contributed by atoms with E-state index in [2.05, 4.69) is 11.1 Å². The average molecular weight is 326 g/mol. The highest BCUT2D eigenvalue weighted by Gasteiger charge is 2.13. The van der Waals surface area contributed by atoms with Gasteiger partial charge >= 0.3 is 0 Å². The molecule has 1 saturated carbocycles. The third-order valence-corrected chi connectivity index (χ3v) is 3.97. The van der Waals surface area contributed by atoms with Crippen molar-refractivity contribution in [3.05, 3.63) is 29.8 Å². The van der Waals surface area contributed by atoms with E-state index in [1.54, 1.807) is 12.1 Å². The van der Waals surface area contributed by atoms with Gasteiger partial charge in [0.05, 0.1) is 24.3 Å². The van der Waals surface area contributed by atoms with Crippen molar-refractivity contribution >= 4 is 29.3 Å². The second-order valence-corrected chi connectivity index (χ2v) is 5.86. The maximum atomic E-state index is 8.80. The summed E-state index contributed by atoms with van der Waals surface area (Å²) in [6.07, 6.45) is 4.87. The van der Waals surface area contributed by atoms with Crippen LogP contribution >= 0.6 is 24.2 Å². The Bertz CT molecular complexity index is 510. The van der Waals surface area contributed by atoms with Crippen LogP contribution in [0, 0.1) is 11.3 Å². The van der Waals surface area contributed by atoms with Crippen molar-refractivity contribution in [3.63, 3.8) is 0 Å². The van der Waals surface area contributed by atoms with Crippen molar-refractivity contribution in [1.29, 1.82) is 5.26 Å². The second kappa shape index (κ2) is 9.54. The normalized spacial score (nSPS) is 15.3. The van der Waals surface area contributed by atoms with E-state index in [-0.39, 0.29) is 12.4 Å². The highest BCUT2D eigenvalue weighted by Crippen LogP contribution is 2.21. The lowest BCUT2D eigenvalue weighted by Gasteiger charge is -2.07. The van der Waals surface area contributed by atoms with Gasteiger partial charge in [0.15, 0.2) is 5.17 Å². The second-order valence-electron chi connectivity index (χ2n) is 4.74. The fourth-order valence-corrected chi connectivity index (χ4v) is 2.81. The molecule has 4 nitrogen and oxygen atoms in total. The van der Waals surface area contributed by atoms with Crippen molar-refractivity contribution < 1.29 is 4.74 Å². The van der Waals surface area contributed by atoms with Crippen LogP contribution < -0.4 is 10.5 Å². The number of hydrogen-bond acceptors (Lipinski definition) is 4. The standard InChI is InChI=1S/C15H19N3OS.ClH/c16-11-12-4-3-7-14(10-12)19-8-9-20-15(17)18-13-5-1-2-6-13;/h3-4,7,10,13H,1-2,5-6,8-9H2,(H2,17,18);1H. The number of ether oxygens (including phenoxy) is 1. The van der Waals surface area contributed by atoms with Crippen LogP contribution in [0.3, 0.4) is 0 Å². The Morgan fingerprint density at radius 2 is 2.19 bits per heavy atom. The molecule has 0 bridgehead atoms. The Balaban J connectivity index is 0.00000220. The molecule has 0 saturated heterocycles. The van der Waals surface area contributed by atoms with E-state index in [0.29, 0.717) is 23.4 Å². The molecule has 1 aliphatic rings. The van der Waals surface area contributed by atoms with Crippen LogP contribution in [0.2, 0.25) is 0 Å². The van der Waals surface area contributed by atoms with Crippen LogP contribution in [0.4, 0.5) is 0 Å². The van der Waals surface area contributed by atoms with Gasteiger partial charge in [0.25, 0.3) is 0 Å². The summed E-state index contributed by atoms with van der Waals surface area (Å²) in [5.41, 5.74) is 6.50. The van der Waals surface area contributed by atoms with Crippen molar-refractivity contribution in [2.24, 2.45) is 10.7 Å². The lowest BCUT2D eigenvalue weighted by Crippen LogP contribution is -2.13. The van der Waals surface area contributed by atoms with Crippen LogP contribution in [0.5, 0.6) is 5.75 Å². The molecule has 0 aromatic heterocycles. The third kappa shape index (κ3) is 6.28. The minimum atomic E-state index is 0. The van der Waals surface area contributed by atoms with Gasteiger partial charge in [-0.1, -0.05) is 30.7 Å². The highest BCUT2D eigenvalue weighted by atomic mass is 35.5. The Hall–Kier alpha value is -1.38. The lowest BCUT2D eigenvalue weighted by atomic mass is 10.2. The van der Waals surface area contributed by atoms with Crippen LogP contribution in [0.15, 0.2) is 29.3 Å². The molecule has 0 aliphatic heterocycles. The number of halogens is 1. The summed E-state index contributed by atoms with van der Waals surface area (Å²) < 4.78 is 5.59. The average Bonchev–Trinajstić information content (AvgIpc) is 2.97. The molecule has 1 aliphatic carbocycles. The van der Waals surface area contributed by atoms with E-state index >= 15 is 0 Å². The molecule has 0 unspecified atom stereocenters. The van der Waals surface area contributed by atoms with E-state index in [1.165, 1.54) is 37.4 Å². The van der Waals surface area contributed by atoms with E-state index in [9.17, 15) is 0 Å². The summed E-state index contributed by atoms with van der Waals surface area (Å²) in [6.45, 7) is 0.556. The molecule has 0 atom stereocenters. The predicted octanol–water partition coefficient (Wildman–Crippen LogP) is 3.35. The first-order chi connectivity index (χ1) is 9.78. The smallest absolute Gasteiger partial charge is 0.154 e. The summed E-state index contributed by atoms with van der Waals surface area (Å²) >= 11 is 1.53. The maximum Gasteiger partial charge on any atom is 0.154 e. The first kappa shape index (κ1) is 17.7. The topological polar surface area (TPSA) is 71.4 Å². The SMILES string of the molecule is Cl.N#Cc1cccc(OCCSC(N)=NC2CCCC2)c1. The van der Waals surface area contributed by atoms with E-state index < -0.39 is 0 Å². The fourth-order valence-electron chi connectivity index (χ4n) is 2.21. The van der Waals surface area contributed by atoms with Gasteiger partial charge in [-0.05, 0) is 31.0 Å². The molecule has 2 N–H and O–H groups in total. The van der Waals surface area contributed by atoms with Gasteiger partial charge in [-0.3, -0.25) is 4.99 Å². The molecule has 1 aromatic rings. The number of rotatable bonds is 5. The van der Waals surface area contributed by atoms with Gasteiger partial charge in [0, 0.05) is 5.75 Å². The summed E-state index contributed by atoms with van der Waals surface area (Å²) in [5, 5.41) is 9.46. The van der Waals surface area contributed by atoms with Gasteiger partial charge in [-0.25, -0.2) is 0 Å². The van der Waals surface area contributed by atoms with Crippen molar-refractivity contribution in [2.45, 2.75) is 31.7 Å². The molecule has 1 aromatic carbocycles. The number of nitriles is 1. The highest BCUT2D eigenvalue weighted by molar-refractivity contribution is 8.13.